The Bertz CT molecular complexity index is 430. The number of hydrogen-bond donors (Lipinski definition) is 1. The van der Waals surface area contributed by atoms with E-state index in [-0.39, 0.29) is 5.41 Å². The van der Waals surface area contributed by atoms with Gasteiger partial charge in [0, 0.05) is 17.1 Å². The fourth-order valence-corrected chi connectivity index (χ4v) is 2.27. The van der Waals surface area contributed by atoms with Gasteiger partial charge in [-0.1, -0.05) is 45.7 Å². The van der Waals surface area contributed by atoms with Crippen LogP contribution < -0.4 is 10.1 Å². The number of nitrogens with one attached hydrogen (secondary N) is 1. The average Bonchev–Trinajstić information content (AvgIpc) is 2.46. The maximum Gasteiger partial charge on any atom is 0.123 e. The normalized spacial score (nSPS) is 11.7. The molecule has 1 aromatic rings. The molecule has 0 unspecified atom stereocenters. The van der Waals surface area contributed by atoms with Crippen LogP contribution in [0.25, 0.3) is 0 Å². The molecule has 0 saturated carbocycles. The number of ether oxygens (including phenoxy) is 2. The van der Waals surface area contributed by atoms with E-state index >= 15 is 0 Å². The SMILES string of the molecule is CCCCNCCOCCOc1ccc(Cl)cc1C(C)(C)C. The summed E-state index contributed by atoms with van der Waals surface area (Å²) in [6.45, 7) is 12.5. The van der Waals surface area contributed by atoms with Crippen LogP contribution in [0, 0.1) is 0 Å². The summed E-state index contributed by atoms with van der Waals surface area (Å²) >= 11 is 6.09. The summed E-state index contributed by atoms with van der Waals surface area (Å²) in [7, 11) is 0. The van der Waals surface area contributed by atoms with Crippen LogP contribution in [0.3, 0.4) is 0 Å². The zero-order valence-electron chi connectivity index (χ0n) is 14.4. The molecule has 0 aliphatic heterocycles. The minimum absolute atomic E-state index is 0.00425. The van der Waals surface area contributed by atoms with Crippen LogP contribution in [0.1, 0.15) is 46.1 Å². The van der Waals surface area contributed by atoms with E-state index in [0.717, 1.165) is 36.0 Å². The quantitative estimate of drug-likeness (QED) is 0.645. The van der Waals surface area contributed by atoms with Gasteiger partial charge in [0.15, 0.2) is 0 Å². The second-order valence-corrected chi connectivity index (χ2v) is 6.89. The zero-order valence-corrected chi connectivity index (χ0v) is 15.1. The van der Waals surface area contributed by atoms with Crippen molar-refractivity contribution >= 4 is 11.6 Å². The number of benzene rings is 1. The molecule has 22 heavy (non-hydrogen) atoms. The molecule has 0 aliphatic carbocycles. The summed E-state index contributed by atoms with van der Waals surface area (Å²) in [5.41, 5.74) is 1.13. The van der Waals surface area contributed by atoms with E-state index < -0.39 is 0 Å². The lowest BCUT2D eigenvalue weighted by Crippen LogP contribution is -2.22. The summed E-state index contributed by atoms with van der Waals surface area (Å²) in [4.78, 5) is 0. The largest absolute Gasteiger partial charge is 0.491 e. The lowest BCUT2D eigenvalue weighted by Gasteiger charge is -2.23. The Kier molecular flexibility index (Phi) is 8.84. The van der Waals surface area contributed by atoms with Crippen molar-refractivity contribution in [3.05, 3.63) is 28.8 Å². The fraction of sp³-hybridized carbons (Fsp3) is 0.667. The first-order valence-corrected chi connectivity index (χ1v) is 8.54. The van der Waals surface area contributed by atoms with Crippen LogP contribution >= 0.6 is 11.6 Å². The average molecular weight is 328 g/mol. The Balaban J connectivity index is 2.28. The molecular weight excluding hydrogens is 298 g/mol. The molecular formula is C18H30ClNO2. The first-order valence-electron chi connectivity index (χ1n) is 8.16. The molecule has 0 saturated heterocycles. The van der Waals surface area contributed by atoms with Gasteiger partial charge in [0.2, 0.25) is 0 Å². The van der Waals surface area contributed by atoms with Crippen molar-refractivity contribution in [3.8, 4) is 5.75 Å². The van der Waals surface area contributed by atoms with Gasteiger partial charge in [0.25, 0.3) is 0 Å². The first-order chi connectivity index (χ1) is 10.4. The highest BCUT2D eigenvalue weighted by molar-refractivity contribution is 6.30. The van der Waals surface area contributed by atoms with Crippen LogP contribution in [0.15, 0.2) is 18.2 Å². The predicted octanol–water partition coefficient (Wildman–Crippen LogP) is 4.42. The fourth-order valence-electron chi connectivity index (χ4n) is 2.10. The van der Waals surface area contributed by atoms with Gasteiger partial charge < -0.3 is 14.8 Å². The van der Waals surface area contributed by atoms with Crippen LogP contribution in [-0.4, -0.2) is 32.9 Å². The van der Waals surface area contributed by atoms with Crippen molar-refractivity contribution in [3.63, 3.8) is 0 Å². The number of halogens is 1. The molecule has 1 N–H and O–H groups in total. The van der Waals surface area contributed by atoms with Gasteiger partial charge in [-0.15, -0.1) is 0 Å². The molecule has 0 bridgehead atoms. The van der Waals surface area contributed by atoms with Gasteiger partial charge in [0.1, 0.15) is 12.4 Å². The second kappa shape index (κ2) is 10.1. The zero-order chi connectivity index (χ0) is 16.4. The van der Waals surface area contributed by atoms with E-state index in [0.29, 0.717) is 13.2 Å². The van der Waals surface area contributed by atoms with E-state index in [9.17, 15) is 0 Å². The lowest BCUT2D eigenvalue weighted by atomic mass is 9.86. The Morgan fingerprint density at radius 3 is 2.55 bits per heavy atom. The van der Waals surface area contributed by atoms with Crippen LogP contribution in [-0.2, 0) is 10.2 Å². The standard InChI is InChI=1S/C18H30ClNO2/c1-5-6-9-20-10-11-21-12-13-22-17-8-7-15(19)14-16(17)18(2,3)4/h7-8,14,20H,5-6,9-13H2,1-4H3. The molecule has 126 valence electrons. The summed E-state index contributed by atoms with van der Waals surface area (Å²) in [5.74, 6) is 0.890. The highest BCUT2D eigenvalue weighted by atomic mass is 35.5. The lowest BCUT2D eigenvalue weighted by molar-refractivity contribution is 0.101. The van der Waals surface area contributed by atoms with Gasteiger partial charge >= 0.3 is 0 Å². The number of unbranched alkanes of at least 4 members (excludes halogenated alkanes) is 1. The van der Waals surface area contributed by atoms with Crippen LogP contribution in [0.5, 0.6) is 5.75 Å². The molecule has 3 nitrogen and oxygen atoms in total. The summed E-state index contributed by atoms with van der Waals surface area (Å²) in [6, 6.07) is 5.79. The topological polar surface area (TPSA) is 30.5 Å². The molecule has 1 aromatic carbocycles. The molecule has 0 spiro atoms. The van der Waals surface area contributed by atoms with E-state index in [1.165, 1.54) is 12.8 Å². The minimum Gasteiger partial charge on any atom is -0.491 e. The Labute approximate surface area is 140 Å². The maximum atomic E-state index is 6.09. The van der Waals surface area contributed by atoms with Crippen LogP contribution in [0.4, 0.5) is 0 Å². The van der Waals surface area contributed by atoms with Gasteiger partial charge in [-0.3, -0.25) is 0 Å². The Morgan fingerprint density at radius 1 is 1.09 bits per heavy atom. The molecule has 0 fully saturated rings. The minimum atomic E-state index is 0.00425. The van der Waals surface area contributed by atoms with Gasteiger partial charge in [0.05, 0.1) is 13.2 Å². The van der Waals surface area contributed by atoms with Crippen molar-refractivity contribution in [2.75, 3.05) is 32.9 Å². The second-order valence-electron chi connectivity index (χ2n) is 6.45. The Morgan fingerprint density at radius 2 is 1.86 bits per heavy atom. The molecule has 1 rings (SSSR count). The molecule has 0 atom stereocenters. The van der Waals surface area contributed by atoms with Gasteiger partial charge in [-0.2, -0.15) is 0 Å². The predicted molar refractivity (Wildman–Crippen MR) is 94.2 cm³/mol. The van der Waals surface area contributed by atoms with Crippen molar-refractivity contribution in [1.29, 1.82) is 0 Å². The maximum absolute atomic E-state index is 6.09. The molecule has 4 heteroatoms. The van der Waals surface area contributed by atoms with Crippen molar-refractivity contribution in [2.24, 2.45) is 0 Å². The number of hydrogen-bond acceptors (Lipinski definition) is 3. The third kappa shape index (κ3) is 7.48. The van der Waals surface area contributed by atoms with Crippen molar-refractivity contribution in [1.82, 2.24) is 5.32 Å². The molecule has 0 aliphatic rings. The molecule has 0 aromatic heterocycles. The van der Waals surface area contributed by atoms with E-state index in [1.54, 1.807) is 0 Å². The summed E-state index contributed by atoms with van der Waals surface area (Å²) in [5, 5.41) is 4.09. The highest BCUT2D eigenvalue weighted by Crippen LogP contribution is 2.33. The van der Waals surface area contributed by atoms with Crippen molar-refractivity contribution in [2.45, 2.75) is 46.0 Å². The van der Waals surface area contributed by atoms with E-state index in [2.05, 4.69) is 33.0 Å². The Hall–Kier alpha value is -0.770. The third-order valence-corrected chi connectivity index (χ3v) is 3.60. The summed E-state index contributed by atoms with van der Waals surface area (Å²) in [6.07, 6.45) is 2.44. The monoisotopic (exact) mass is 327 g/mol. The van der Waals surface area contributed by atoms with Crippen molar-refractivity contribution < 1.29 is 9.47 Å². The van der Waals surface area contributed by atoms with Crippen LogP contribution in [0.2, 0.25) is 5.02 Å². The third-order valence-electron chi connectivity index (χ3n) is 3.37. The first kappa shape index (κ1) is 19.3. The van der Waals surface area contributed by atoms with Gasteiger partial charge in [-0.05, 0) is 36.6 Å². The number of rotatable bonds is 10. The smallest absolute Gasteiger partial charge is 0.123 e. The van der Waals surface area contributed by atoms with Gasteiger partial charge in [-0.25, -0.2) is 0 Å². The highest BCUT2D eigenvalue weighted by Gasteiger charge is 2.19. The molecule has 0 radical (unpaired) electrons. The molecule has 0 amide bonds. The molecule has 0 heterocycles. The van der Waals surface area contributed by atoms with E-state index in [4.69, 9.17) is 21.1 Å². The summed E-state index contributed by atoms with van der Waals surface area (Å²) < 4.78 is 11.4. The van der Waals surface area contributed by atoms with E-state index in [1.807, 2.05) is 18.2 Å².